The number of hydrogen-bond acceptors (Lipinski definition) is 0. The van der Waals surface area contributed by atoms with Crippen LogP contribution in [0.4, 0.5) is 0 Å². The summed E-state index contributed by atoms with van der Waals surface area (Å²) in [6.07, 6.45) is 21.8. The standard InChI is InChI=1S/C44H46Si/c1-5-9-11-19-33-45(34-20-12-10-6-2)43(39-29-25-35(7-3)26-30-39)41(37-21-15-13-16-22-37)42(38-23-17-14-18-24-38)44(45)40-31-27-36(8-4)28-32-40/h3-4,13-18,21-32H,5-6,9-12,19-20,33-34H2,1-2H3. The van der Waals surface area contributed by atoms with E-state index in [-0.39, 0.29) is 0 Å². The molecule has 4 aromatic carbocycles. The first-order valence-electron chi connectivity index (χ1n) is 16.9. The second-order valence-corrected chi connectivity index (χ2v) is 16.5. The third kappa shape index (κ3) is 7.01. The van der Waals surface area contributed by atoms with Gasteiger partial charge < -0.3 is 0 Å². The molecule has 5 rings (SSSR count). The van der Waals surface area contributed by atoms with Crippen LogP contribution in [0.1, 0.15) is 98.6 Å². The van der Waals surface area contributed by atoms with Gasteiger partial charge in [0.2, 0.25) is 0 Å². The van der Waals surface area contributed by atoms with Crippen LogP contribution in [-0.4, -0.2) is 8.07 Å². The van der Waals surface area contributed by atoms with Crippen LogP contribution in [0.15, 0.2) is 109 Å². The van der Waals surface area contributed by atoms with E-state index in [1.807, 2.05) is 0 Å². The normalized spacial score (nSPS) is 14.0. The van der Waals surface area contributed by atoms with E-state index >= 15 is 0 Å². The first-order chi connectivity index (χ1) is 22.2. The molecule has 0 spiro atoms. The van der Waals surface area contributed by atoms with Crippen LogP contribution in [-0.2, 0) is 0 Å². The van der Waals surface area contributed by atoms with E-state index in [2.05, 4.69) is 135 Å². The van der Waals surface area contributed by atoms with Gasteiger partial charge in [0.15, 0.2) is 0 Å². The largest absolute Gasteiger partial charge is 0.121 e. The molecule has 0 radical (unpaired) electrons. The van der Waals surface area contributed by atoms with Crippen molar-refractivity contribution in [3.8, 4) is 24.7 Å². The molecular weight excluding hydrogens is 557 g/mol. The van der Waals surface area contributed by atoms with Gasteiger partial charge in [0.25, 0.3) is 0 Å². The van der Waals surface area contributed by atoms with E-state index in [9.17, 15) is 0 Å². The van der Waals surface area contributed by atoms with Gasteiger partial charge in [0.05, 0.1) is 0 Å². The third-order valence-corrected chi connectivity index (χ3v) is 14.8. The van der Waals surface area contributed by atoms with Gasteiger partial charge in [-0.25, -0.2) is 0 Å². The van der Waals surface area contributed by atoms with Gasteiger partial charge in [-0.1, -0.05) is 162 Å². The van der Waals surface area contributed by atoms with Crippen molar-refractivity contribution >= 4 is 29.6 Å². The highest BCUT2D eigenvalue weighted by molar-refractivity contribution is 7.14. The first-order valence-corrected chi connectivity index (χ1v) is 19.3. The van der Waals surface area contributed by atoms with Crippen molar-refractivity contribution in [3.05, 3.63) is 143 Å². The van der Waals surface area contributed by atoms with E-state index in [1.54, 1.807) is 10.4 Å². The zero-order valence-electron chi connectivity index (χ0n) is 27.1. The Morgan fingerprint density at radius 3 is 1.16 bits per heavy atom. The maximum absolute atomic E-state index is 5.86. The highest BCUT2D eigenvalue weighted by Crippen LogP contribution is 2.59. The number of hydrogen-bond donors (Lipinski definition) is 0. The molecule has 0 saturated heterocycles. The molecule has 45 heavy (non-hydrogen) atoms. The Kier molecular flexibility index (Phi) is 11.1. The van der Waals surface area contributed by atoms with Crippen molar-refractivity contribution in [1.29, 1.82) is 0 Å². The van der Waals surface area contributed by atoms with Gasteiger partial charge in [0, 0.05) is 11.1 Å². The Balaban J connectivity index is 1.90. The lowest BCUT2D eigenvalue weighted by Gasteiger charge is -2.35. The monoisotopic (exact) mass is 602 g/mol. The predicted molar refractivity (Wildman–Crippen MR) is 199 cm³/mol. The molecule has 1 aliphatic rings. The Morgan fingerprint density at radius 2 is 0.822 bits per heavy atom. The third-order valence-electron chi connectivity index (χ3n) is 9.43. The Morgan fingerprint density at radius 1 is 0.444 bits per heavy atom. The number of terminal acetylenes is 2. The van der Waals surface area contributed by atoms with Gasteiger partial charge in [-0.15, -0.1) is 12.8 Å². The molecule has 0 fully saturated rings. The second-order valence-electron chi connectivity index (χ2n) is 12.4. The fourth-order valence-electron chi connectivity index (χ4n) is 7.28. The van der Waals surface area contributed by atoms with Crippen LogP contribution in [0.3, 0.4) is 0 Å². The highest BCUT2D eigenvalue weighted by atomic mass is 28.3. The molecule has 0 aromatic heterocycles. The van der Waals surface area contributed by atoms with Crippen LogP contribution >= 0.6 is 0 Å². The second kappa shape index (κ2) is 15.6. The number of allylic oxidation sites excluding steroid dienone is 2. The quantitative estimate of drug-likeness (QED) is 0.0765. The summed E-state index contributed by atoms with van der Waals surface area (Å²) in [7, 11) is -2.36. The lowest BCUT2D eigenvalue weighted by atomic mass is 9.89. The molecule has 0 amide bonds. The van der Waals surface area contributed by atoms with Crippen LogP contribution in [0.5, 0.6) is 0 Å². The van der Waals surface area contributed by atoms with Crippen molar-refractivity contribution < 1.29 is 0 Å². The number of benzene rings is 4. The van der Waals surface area contributed by atoms with Gasteiger partial charge in [-0.2, -0.15) is 0 Å². The topological polar surface area (TPSA) is 0 Å². The molecule has 0 saturated carbocycles. The molecule has 0 unspecified atom stereocenters. The summed E-state index contributed by atoms with van der Waals surface area (Å²) in [6, 6.07) is 42.5. The minimum Gasteiger partial charge on any atom is -0.115 e. The summed E-state index contributed by atoms with van der Waals surface area (Å²) in [4.78, 5) is 0. The average Bonchev–Trinajstić information content (AvgIpc) is 3.40. The molecule has 1 heterocycles. The lowest BCUT2D eigenvalue weighted by molar-refractivity contribution is 0.685. The molecule has 0 bridgehead atoms. The lowest BCUT2D eigenvalue weighted by Crippen LogP contribution is -2.37. The minimum absolute atomic E-state index is 0.929. The Labute approximate surface area is 273 Å². The van der Waals surface area contributed by atoms with Crippen molar-refractivity contribution in [3.63, 3.8) is 0 Å². The van der Waals surface area contributed by atoms with E-state index in [0.29, 0.717) is 0 Å². The first kappa shape index (κ1) is 32.1. The summed E-state index contributed by atoms with van der Waals surface area (Å²) in [5.41, 5.74) is 9.91. The highest BCUT2D eigenvalue weighted by Gasteiger charge is 2.49. The Bertz CT molecular complexity index is 1560. The maximum atomic E-state index is 5.86. The van der Waals surface area contributed by atoms with Crippen LogP contribution < -0.4 is 0 Å². The van der Waals surface area contributed by atoms with E-state index in [0.717, 1.165) is 11.1 Å². The molecule has 1 aliphatic heterocycles. The van der Waals surface area contributed by atoms with E-state index in [1.165, 1.54) is 96.9 Å². The van der Waals surface area contributed by atoms with Crippen LogP contribution in [0.2, 0.25) is 12.1 Å². The van der Waals surface area contributed by atoms with Crippen molar-refractivity contribution in [2.45, 2.75) is 77.3 Å². The van der Waals surface area contributed by atoms with Gasteiger partial charge in [0.1, 0.15) is 8.07 Å². The van der Waals surface area contributed by atoms with E-state index < -0.39 is 8.07 Å². The van der Waals surface area contributed by atoms with Gasteiger partial charge in [-0.05, 0) is 80.1 Å². The molecule has 4 aromatic rings. The zero-order chi connectivity index (χ0) is 31.5. The number of unbranched alkanes of at least 4 members (excludes halogenated alkanes) is 6. The molecule has 0 nitrogen and oxygen atoms in total. The summed E-state index contributed by atoms with van der Waals surface area (Å²) < 4.78 is 0. The molecule has 1 heteroatoms. The molecule has 0 atom stereocenters. The summed E-state index contributed by atoms with van der Waals surface area (Å²) in [5, 5.41) is 3.17. The Hall–Kier alpha value is -4.30. The molecule has 0 aliphatic carbocycles. The smallest absolute Gasteiger partial charge is 0.115 e. The van der Waals surface area contributed by atoms with Crippen molar-refractivity contribution in [1.82, 2.24) is 0 Å². The molecule has 226 valence electrons. The fraction of sp³-hybridized carbons (Fsp3) is 0.273. The van der Waals surface area contributed by atoms with Crippen molar-refractivity contribution in [2.24, 2.45) is 0 Å². The van der Waals surface area contributed by atoms with Crippen LogP contribution in [0, 0.1) is 24.7 Å². The fourth-order valence-corrected chi connectivity index (χ4v) is 13.4. The summed E-state index contributed by atoms with van der Waals surface area (Å²) in [6.45, 7) is 4.62. The van der Waals surface area contributed by atoms with Gasteiger partial charge >= 0.3 is 0 Å². The van der Waals surface area contributed by atoms with Crippen molar-refractivity contribution in [2.75, 3.05) is 0 Å². The van der Waals surface area contributed by atoms with Crippen LogP contribution in [0.25, 0.3) is 21.5 Å². The summed E-state index contributed by atoms with van der Waals surface area (Å²) in [5.74, 6) is 5.71. The maximum Gasteiger partial charge on any atom is 0.121 e. The summed E-state index contributed by atoms with van der Waals surface area (Å²) >= 11 is 0. The SMILES string of the molecule is C#Cc1ccc(C2=C(c3ccccc3)C(c3ccccc3)=C(c3ccc(C#C)cc3)[Si]2(CCCCCC)CCCCCC)cc1. The van der Waals surface area contributed by atoms with E-state index in [4.69, 9.17) is 12.8 Å². The van der Waals surface area contributed by atoms with Gasteiger partial charge in [-0.3, -0.25) is 0 Å². The minimum atomic E-state index is -2.36. The number of rotatable bonds is 14. The average molecular weight is 603 g/mol. The predicted octanol–water partition coefficient (Wildman–Crippen LogP) is 11.9. The molecule has 0 N–H and O–H groups in total. The molecular formula is C44H46Si. The zero-order valence-corrected chi connectivity index (χ0v) is 28.1.